The van der Waals surface area contributed by atoms with Crippen LogP contribution in [0.4, 0.5) is 0 Å². The van der Waals surface area contributed by atoms with Gasteiger partial charge in [0, 0.05) is 6.54 Å². The molecule has 0 saturated heterocycles. The van der Waals surface area contributed by atoms with Crippen molar-refractivity contribution in [3.05, 3.63) is 12.7 Å². The zero-order valence-corrected chi connectivity index (χ0v) is 11.1. The van der Waals surface area contributed by atoms with E-state index in [1.165, 1.54) is 6.33 Å². The van der Waals surface area contributed by atoms with Crippen LogP contribution >= 0.6 is 0 Å². The third-order valence-corrected chi connectivity index (χ3v) is 3.18. The van der Waals surface area contributed by atoms with Gasteiger partial charge in [0.15, 0.2) is 0 Å². The standard InChI is InChI=1S/C12H22N4O2/c1-3-7-14-12(4-2,11(17)18)6-5-8-16-10-13-9-15-16/h9-10,14H,3-8H2,1-2H3,(H,17,18). The number of carboxylic acid groups (broad SMARTS) is 1. The zero-order valence-electron chi connectivity index (χ0n) is 11.1. The summed E-state index contributed by atoms with van der Waals surface area (Å²) >= 11 is 0. The van der Waals surface area contributed by atoms with Crippen LogP contribution in [0.5, 0.6) is 0 Å². The van der Waals surface area contributed by atoms with Gasteiger partial charge < -0.3 is 10.4 Å². The lowest BCUT2D eigenvalue weighted by molar-refractivity contribution is -0.145. The number of rotatable bonds is 9. The van der Waals surface area contributed by atoms with Gasteiger partial charge in [-0.25, -0.2) is 4.98 Å². The minimum Gasteiger partial charge on any atom is -0.480 e. The van der Waals surface area contributed by atoms with E-state index < -0.39 is 11.5 Å². The number of aliphatic carboxylic acids is 1. The van der Waals surface area contributed by atoms with E-state index in [1.807, 2.05) is 13.8 Å². The number of hydrogen-bond donors (Lipinski definition) is 2. The fourth-order valence-electron chi connectivity index (χ4n) is 1.98. The van der Waals surface area contributed by atoms with Crippen LogP contribution in [-0.2, 0) is 11.3 Å². The van der Waals surface area contributed by atoms with Crippen molar-refractivity contribution >= 4 is 5.97 Å². The summed E-state index contributed by atoms with van der Waals surface area (Å²) in [6.45, 7) is 5.36. The number of carbonyl (C=O) groups is 1. The SMILES string of the molecule is CCCNC(CC)(CCCn1cncn1)C(=O)O. The second kappa shape index (κ2) is 7.10. The minimum absolute atomic E-state index is 0.583. The number of hydrogen-bond acceptors (Lipinski definition) is 4. The highest BCUT2D eigenvalue weighted by atomic mass is 16.4. The first-order valence-electron chi connectivity index (χ1n) is 6.45. The summed E-state index contributed by atoms with van der Waals surface area (Å²) in [6.07, 6.45) is 6.00. The number of aromatic nitrogens is 3. The first-order chi connectivity index (χ1) is 8.64. The van der Waals surface area contributed by atoms with Gasteiger partial charge in [-0.2, -0.15) is 5.10 Å². The van der Waals surface area contributed by atoms with Gasteiger partial charge >= 0.3 is 5.97 Å². The van der Waals surface area contributed by atoms with Gasteiger partial charge in [0.2, 0.25) is 0 Å². The lowest BCUT2D eigenvalue weighted by Gasteiger charge is -2.29. The molecule has 6 nitrogen and oxygen atoms in total. The summed E-state index contributed by atoms with van der Waals surface area (Å²) in [4.78, 5) is 15.3. The van der Waals surface area contributed by atoms with Crippen LogP contribution in [0, 0.1) is 0 Å². The Morgan fingerprint density at radius 1 is 1.50 bits per heavy atom. The molecule has 1 aromatic rings. The van der Waals surface area contributed by atoms with Crippen LogP contribution in [0.25, 0.3) is 0 Å². The molecule has 0 aliphatic heterocycles. The zero-order chi connectivity index (χ0) is 13.4. The highest BCUT2D eigenvalue weighted by Crippen LogP contribution is 2.18. The van der Waals surface area contributed by atoms with Crippen molar-refractivity contribution < 1.29 is 9.90 Å². The molecule has 6 heteroatoms. The molecule has 0 saturated carbocycles. The highest BCUT2D eigenvalue weighted by Gasteiger charge is 2.35. The van der Waals surface area contributed by atoms with Gasteiger partial charge in [0.05, 0.1) is 0 Å². The normalized spacial score (nSPS) is 14.3. The van der Waals surface area contributed by atoms with E-state index in [0.29, 0.717) is 19.4 Å². The second-order valence-electron chi connectivity index (χ2n) is 4.43. The smallest absolute Gasteiger partial charge is 0.323 e. The van der Waals surface area contributed by atoms with Crippen molar-refractivity contribution in [3.8, 4) is 0 Å². The summed E-state index contributed by atoms with van der Waals surface area (Å²) in [6, 6.07) is 0. The average Bonchev–Trinajstić information content (AvgIpc) is 2.86. The maximum atomic E-state index is 11.5. The molecule has 1 unspecified atom stereocenters. The molecule has 1 heterocycles. The molecule has 0 aromatic carbocycles. The predicted molar refractivity (Wildman–Crippen MR) is 68.2 cm³/mol. The van der Waals surface area contributed by atoms with Gasteiger partial charge in [-0.1, -0.05) is 13.8 Å². The second-order valence-corrected chi connectivity index (χ2v) is 4.43. The molecule has 0 spiro atoms. The molecular formula is C12H22N4O2. The van der Waals surface area contributed by atoms with Crippen molar-refractivity contribution in [1.29, 1.82) is 0 Å². The first-order valence-corrected chi connectivity index (χ1v) is 6.45. The number of nitrogens with zero attached hydrogens (tertiary/aromatic N) is 3. The summed E-state index contributed by atoms with van der Waals surface area (Å²) in [5, 5.41) is 16.6. The lowest BCUT2D eigenvalue weighted by Crippen LogP contribution is -2.52. The van der Waals surface area contributed by atoms with E-state index in [0.717, 1.165) is 19.4 Å². The van der Waals surface area contributed by atoms with E-state index in [2.05, 4.69) is 15.4 Å². The molecule has 2 N–H and O–H groups in total. The summed E-state index contributed by atoms with van der Waals surface area (Å²) in [7, 11) is 0. The van der Waals surface area contributed by atoms with Crippen molar-refractivity contribution in [2.24, 2.45) is 0 Å². The van der Waals surface area contributed by atoms with Crippen molar-refractivity contribution in [1.82, 2.24) is 20.1 Å². The molecule has 0 fully saturated rings. The molecule has 0 bridgehead atoms. The molecule has 0 aliphatic carbocycles. The Morgan fingerprint density at radius 3 is 2.78 bits per heavy atom. The summed E-state index contributed by atoms with van der Waals surface area (Å²) < 4.78 is 1.72. The third-order valence-electron chi connectivity index (χ3n) is 3.18. The molecule has 1 aromatic heterocycles. The van der Waals surface area contributed by atoms with Crippen LogP contribution in [0.2, 0.25) is 0 Å². The maximum absolute atomic E-state index is 11.5. The van der Waals surface area contributed by atoms with Gasteiger partial charge in [-0.3, -0.25) is 9.48 Å². The number of nitrogens with one attached hydrogen (secondary N) is 1. The monoisotopic (exact) mass is 254 g/mol. The Balaban J connectivity index is 2.52. The molecule has 1 rings (SSSR count). The van der Waals surface area contributed by atoms with E-state index in [4.69, 9.17) is 0 Å². The molecule has 0 amide bonds. The average molecular weight is 254 g/mol. The van der Waals surface area contributed by atoms with Crippen LogP contribution in [0.3, 0.4) is 0 Å². The largest absolute Gasteiger partial charge is 0.480 e. The Labute approximate surface area is 107 Å². The lowest BCUT2D eigenvalue weighted by atomic mass is 9.90. The summed E-state index contributed by atoms with van der Waals surface area (Å²) in [5.41, 5.74) is -0.809. The fraction of sp³-hybridized carbons (Fsp3) is 0.750. The van der Waals surface area contributed by atoms with Gasteiger partial charge in [-0.05, 0) is 32.2 Å². The number of carboxylic acids is 1. The molecule has 18 heavy (non-hydrogen) atoms. The third kappa shape index (κ3) is 3.80. The topological polar surface area (TPSA) is 80.0 Å². The van der Waals surface area contributed by atoms with Crippen LogP contribution in [-0.4, -0.2) is 37.9 Å². The van der Waals surface area contributed by atoms with Gasteiger partial charge in [0.1, 0.15) is 18.2 Å². The van der Waals surface area contributed by atoms with E-state index in [1.54, 1.807) is 11.0 Å². The first kappa shape index (κ1) is 14.6. The van der Waals surface area contributed by atoms with E-state index in [9.17, 15) is 9.90 Å². The number of aryl methyl sites for hydroxylation is 1. The molecule has 0 radical (unpaired) electrons. The maximum Gasteiger partial charge on any atom is 0.323 e. The quantitative estimate of drug-likeness (QED) is 0.694. The summed E-state index contributed by atoms with van der Waals surface area (Å²) in [5.74, 6) is -0.767. The minimum atomic E-state index is -0.809. The molecule has 1 atom stereocenters. The Bertz CT molecular complexity index is 353. The predicted octanol–water partition coefficient (Wildman–Crippen LogP) is 1.29. The van der Waals surface area contributed by atoms with E-state index >= 15 is 0 Å². The van der Waals surface area contributed by atoms with Crippen LogP contribution in [0.15, 0.2) is 12.7 Å². The molecule has 0 aliphatic rings. The fourth-order valence-corrected chi connectivity index (χ4v) is 1.98. The van der Waals surface area contributed by atoms with Crippen molar-refractivity contribution in [2.75, 3.05) is 6.54 Å². The Hall–Kier alpha value is -1.43. The Kier molecular flexibility index (Phi) is 5.77. The van der Waals surface area contributed by atoms with E-state index in [-0.39, 0.29) is 0 Å². The van der Waals surface area contributed by atoms with Crippen LogP contribution in [0.1, 0.15) is 39.5 Å². The Morgan fingerprint density at radius 2 is 2.28 bits per heavy atom. The van der Waals surface area contributed by atoms with Gasteiger partial charge in [-0.15, -0.1) is 0 Å². The molecular weight excluding hydrogens is 232 g/mol. The highest BCUT2D eigenvalue weighted by molar-refractivity contribution is 5.78. The molecule has 102 valence electrons. The van der Waals surface area contributed by atoms with Gasteiger partial charge in [0.25, 0.3) is 0 Å². The van der Waals surface area contributed by atoms with Crippen LogP contribution < -0.4 is 5.32 Å². The van der Waals surface area contributed by atoms with Crippen molar-refractivity contribution in [3.63, 3.8) is 0 Å². The van der Waals surface area contributed by atoms with Crippen molar-refractivity contribution in [2.45, 2.75) is 51.6 Å².